The summed E-state index contributed by atoms with van der Waals surface area (Å²) in [5.41, 5.74) is 6.38. The van der Waals surface area contributed by atoms with Crippen LogP contribution < -0.4 is 37.1 Å². The van der Waals surface area contributed by atoms with E-state index in [2.05, 4.69) is 42.5 Å². The first-order valence-corrected chi connectivity index (χ1v) is 23.9. The fraction of sp³-hybridized carbons (Fsp3) is 0.696. The number of aliphatic hydroxyl groups excluding tert-OH is 1. The molecular formula is C46H73BrN8O11. The van der Waals surface area contributed by atoms with Crippen molar-refractivity contribution in [3.8, 4) is 5.75 Å². The Labute approximate surface area is 397 Å². The third-order valence-corrected chi connectivity index (χ3v) is 12.9. The molecule has 2 bridgehead atoms. The van der Waals surface area contributed by atoms with Crippen molar-refractivity contribution >= 4 is 63.2 Å². The number of amides is 7. The number of benzene rings is 1. The van der Waals surface area contributed by atoms with Gasteiger partial charge in [-0.15, -0.1) is 0 Å². The molecule has 20 heteroatoms. The molecule has 0 aliphatic carbocycles. The van der Waals surface area contributed by atoms with Gasteiger partial charge in [0.2, 0.25) is 41.4 Å². The van der Waals surface area contributed by atoms with Crippen LogP contribution in [0.5, 0.6) is 5.75 Å². The molecular weight excluding hydrogens is 920 g/mol. The summed E-state index contributed by atoms with van der Waals surface area (Å²) in [5.74, 6) is -6.98. The van der Waals surface area contributed by atoms with E-state index in [1.807, 2.05) is 13.8 Å². The number of nitrogens with two attached hydrogens (primary N) is 1. The maximum Gasteiger partial charge on any atom is 0.329 e. The minimum absolute atomic E-state index is 0.00292. The van der Waals surface area contributed by atoms with Crippen molar-refractivity contribution in [3.63, 3.8) is 0 Å². The number of unbranched alkanes of at least 4 members (excludes halogenated alkanes) is 1. The van der Waals surface area contributed by atoms with E-state index in [-0.39, 0.29) is 44.6 Å². The number of fused-ring (bicyclic) bond motifs is 2. The third kappa shape index (κ3) is 14.6. The molecule has 2 aliphatic heterocycles. The molecule has 0 aromatic heterocycles. The summed E-state index contributed by atoms with van der Waals surface area (Å²) < 4.78 is 11.9. The summed E-state index contributed by atoms with van der Waals surface area (Å²) in [7, 11) is 2.92. The molecule has 0 spiro atoms. The van der Waals surface area contributed by atoms with Crippen molar-refractivity contribution in [3.05, 3.63) is 28.2 Å². The first-order valence-electron chi connectivity index (χ1n) is 23.1. The molecule has 2 heterocycles. The molecule has 3 rings (SSSR count). The number of esters is 1. The number of rotatable bonds is 16. The van der Waals surface area contributed by atoms with Gasteiger partial charge in [0.15, 0.2) is 0 Å². The number of nitrogens with zero attached hydrogens (tertiary/aromatic N) is 2. The molecule has 1 aromatic rings. The summed E-state index contributed by atoms with van der Waals surface area (Å²) in [6.07, 6.45) is -0.948. The van der Waals surface area contributed by atoms with Crippen LogP contribution >= 0.6 is 15.9 Å². The number of cyclic esters (lactones) is 1. The predicted molar refractivity (Wildman–Crippen MR) is 249 cm³/mol. The monoisotopic (exact) mass is 992 g/mol. The Hall–Kier alpha value is -4.82. The predicted octanol–water partition coefficient (Wildman–Crippen LogP) is 1.79. The van der Waals surface area contributed by atoms with Crippen molar-refractivity contribution in [2.24, 2.45) is 23.5 Å². The Morgan fingerprint density at radius 2 is 1.65 bits per heavy atom. The second kappa shape index (κ2) is 25.9. The van der Waals surface area contributed by atoms with Crippen LogP contribution in [0, 0.1) is 17.8 Å². The number of nitrogens with one attached hydrogen (secondary N) is 5. The standard InChI is InChI=1S/C46H73BrN8O11/c1-11-15-34(56)51-36(24(3)4)42(60)53-38-27(8)66-46(64)37(25(5)6)52-41(59)32(23-28-17-19-33(65-10)29(47)22-28)54(9)45(63)39(26(7)12-2)55-35(57)20-18-31(44(55)62)50-40(58)30(49-43(38)61)16-13-14-21-48/h17,19,22,24-27,30-32,35-39,57H,11-16,18,20-21,23,48H2,1-10H3,(H,49,61)(H,50,58)(H,51,56)(H,52,59)(H,53,60)/t26-,27-,30+,31-,32+,35-,36+,37+,38+,39+/m1/s1. The maximum absolute atomic E-state index is 14.9. The first-order chi connectivity index (χ1) is 31.1. The van der Waals surface area contributed by atoms with E-state index in [9.17, 15) is 43.5 Å². The molecule has 66 heavy (non-hydrogen) atoms. The number of carbonyl (C=O) groups is 8. The van der Waals surface area contributed by atoms with Gasteiger partial charge in [0, 0.05) is 19.9 Å². The van der Waals surface area contributed by atoms with Crippen LogP contribution in [0.3, 0.4) is 0 Å². The highest BCUT2D eigenvalue weighted by molar-refractivity contribution is 9.10. The maximum atomic E-state index is 14.9. The van der Waals surface area contributed by atoms with Gasteiger partial charge in [-0.1, -0.05) is 61.0 Å². The molecule has 370 valence electrons. The average molecular weight is 994 g/mol. The van der Waals surface area contributed by atoms with Crippen molar-refractivity contribution < 1.29 is 52.9 Å². The lowest BCUT2D eigenvalue weighted by molar-refractivity contribution is -0.168. The highest BCUT2D eigenvalue weighted by Gasteiger charge is 2.47. The van der Waals surface area contributed by atoms with Crippen LogP contribution in [0.15, 0.2) is 22.7 Å². The van der Waals surface area contributed by atoms with E-state index in [0.29, 0.717) is 41.5 Å². The molecule has 19 nitrogen and oxygen atoms in total. The van der Waals surface area contributed by atoms with Gasteiger partial charge in [0.1, 0.15) is 60.4 Å². The molecule has 0 radical (unpaired) electrons. The Bertz CT molecular complexity index is 1880. The lowest BCUT2D eigenvalue weighted by atomic mass is 9.91. The Morgan fingerprint density at radius 1 is 0.970 bits per heavy atom. The smallest absolute Gasteiger partial charge is 0.329 e. The number of aliphatic hydroxyl groups is 1. The van der Waals surface area contributed by atoms with E-state index >= 15 is 0 Å². The van der Waals surface area contributed by atoms with Gasteiger partial charge in [-0.25, -0.2) is 4.79 Å². The van der Waals surface area contributed by atoms with Crippen LogP contribution in [0.2, 0.25) is 0 Å². The Morgan fingerprint density at radius 3 is 2.23 bits per heavy atom. The lowest BCUT2D eigenvalue weighted by Crippen LogP contribution is -2.66. The largest absolute Gasteiger partial charge is 0.496 e. The number of carbonyl (C=O) groups excluding carboxylic acids is 8. The second-order valence-electron chi connectivity index (χ2n) is 18.1. The third-order valence-electron chi connectivity index (χ3n) is 12.3. The van der Waals surface area contributed by atoms with E-state index in [1.54, 1.807) is 52.8 Å². The zero-order valence-electron chi connectivity index (χ0n) is 40.1. The summed E-state index contributed by atoms with van der Waals surface area (Å²) in [5, 5.41) is 25.1. The fourth-order valence-corrected chi connectivity index (χ4v) is 8.65. The molecule has 2 fully saturated rings. The lowest BCUT2D eigenvalue weighted by Gasteiger charge is -2.44. The number of methoxy groups -OCH3 is 1. The quantitative estimate of drug-likeness (QED) is 0.0924. The van der Waals surface area contributed by atoms with Crippen LogP contribution in [0.25, 0.3) is 0 Å². The van der Waals surface area contributed by atoms with Gasteiger partial charge in [0.05, 0.1) is 11.6 Å². The van der Waals surface area contributed by atoms with Crippen molar-refractivity contribution in [1.29, 1.82) is 0 Å². The van der Waals surface area contributed by atoms with Crippen LogP contribution in [0.4, 0.5) is 0 Å². The topological polar surface area (TPSA) is 268 Å². The fourth-order valence-electron chi connectivity index (χ4n) is 8.06. The van der Waals surface area contributed by atoms with Crippen molar-refractivity contribution in [2.75, 3.05) is 20.7 Å². The molecule has 10 atom stereocenters. The summed E-state index contributed by atoms with van der Waals surface area (Å²) in [6, 6.07) is -4.04. The Balaban J connectivity index is 2.26. The summed E-state index contributed by atoms with van der Waals surface area (Å²) in [4.78, 5) is 116. The number of ether oxygens (including phenoxy) is 2. The summed E-state index contributed by atoms with van der Waals surface area (Å²) in [6.45, 7) is 13.8. The molecule has 8 N–H and O–H groups in total. The number of piperidine rings is 1. The SMILES string of the molecule is CCCC(=O)N[C@H](C(=O)N[C@@H]1C(=O)N[C@@H](CCCCN)C(=O)N[C@@H]2CC[C@@H](O)N(C2=O)[C@@H]([C@H](C)CC)C(=O)N(C)[C@@H](Cc2ccc(OC)c(Br)c2)C(=O)N[C@@H](C(C)C)C(=O)O[C@@H]1C)C(C)C. The number of hydrogen-bond donors (Lipinski definition) is 7. The van der Waals surface area contributed by atoms with Gasteiger partial charge in [-0.3, -0.25) is 33.6 Å². The highest BCUT2D eigenvalue weighted by atomic mass is 79.9. The molecule has 1 aromatic carbocycles. The molecule has 7 amide bonds. The zero-order chi connectivity index (χ0) is 49.6. The number of likely N-dealkylation sites (N-methyl/N-ethyl adjacent to an activating group) is 1. The second-order valence-corrected chi connectivity index (χ2v) is 18.9. The normalized spacial score (nSPS) is 26.0. The number of hydrogen-bond acceptors (Lipinski definition) is 12. The van der Waals surface area contributed by atoms with Crippen LogP contribution in [0.1, 0.15) is 112 Å². The Kier molecular flexibility index (Phi) is 21.8. The summed E-state index contributed by atoms with van der Waals surface area (Å²) >= 11 is 3.49. The van der Waals surface area contributed by atoms with Gasteiger partial charge < -0.3 is 56.7 Å². The highest BCUT2D eigenvalue weighted by Crippen LogP contribution is 2.29. The van der Waals surface area contributed by atoms with Crippen molar-refractivity contribution in [1.82, 2.24) is 36.4 Å². The van der Waals surface area contributed by atoms with Gasteiger partial charge in [-0.2, -0.15) is 0 Å². The minimum atomic E-state index is -1.63. The van der Waals surface area contributed by atoms with E-state index in [1.165, 1.54) is 26.0 Å². The van der Waals surface area contributed by atoms with Gasteiger partial charge in [-0.05, 0) is 103 Å². The zero-order valence-corrected chi connectivity index (χ0v) is 41.7. The van der Waals surface area contributed by atoms with Crippen LogP contribution in [-0.2, 0) is 49.5 Å². The molecule has 0 unspecified atom stereocenters. The minimum Gasteiger partial charge on any atom is -0.496 e. The van der Waals surface area contributed by atoms with Gasteiger partial charge in [0.25, 0.3) is 0 Å². The number of halogens is 1. The van der Waals surface area contributed by atoms with E-state index in [4.69, 9.17) is 15.2 Å². The van der Waals surface area contributed by atoms with E-state index in [0.717, 1.165) is 4.90 Å². The van der Waals surface area contributed by atoms with Crippen molar-refractivity contribution in [2.45, 2.75) is 168 Å². The van der Waals surface area contributed by atoms with E-state index < -0.39 is 114 Å². The first kappa shape index (κ1) is 55.5. The average Bonchev–Trinajstić information content (AvgIpc) is 3.26. The molecule has 2 saturated heterocycles. The molecule has 0 saturated carbocycles. The molecule has 2 aliphatic rings. The van der Waals surface area contributed by atoms with Crippen LogP contribution in [-0.4, -0.2) is 138 Å². The van der Waals surface area contributed by atoms with Gasteiger partial charge >= 0.3 is 5.97 Å².